The van der Waals surface area contributed by atoms with Crippen molar-refractivity contribution < 1.29 is 13.9 Å². The van der Waals surface area contributed by atoms with Gasteiger partial charge in [0.25, 0.3) is 0 Å². The highest BCUT2D eigenvalue weighted by molar-refractivity contribution is 5.46. The zero-order chi connectivity index (χ0) is 12.1. The Morgan fingerprint density at radius 2 is 2.29 bits per heavy atom. The summed E-state index contributed by atoms with van der Waals surface area (Å²) in [6, 6.07) is 4.32. The van der Waals surface area contributed by atoms with E-state index in [1.807, 2.05) is 0 Å². The van der Waals surface area contributed by atoms with Crippen LogP contribution in [0.15, 0.2) is 18.2 Å². The zero-order valence-corrected chi connectivity index (χ0v) is 9.82. The molecule has 94 valence electrons. The normalized spacial score (nSPS) is 20.4. The van der Waals surface area contributed by atoms with Crippen LogP contribution in [0.25, 0.3) is 0 Å². The maximum absolute atomic E-state index is 13.0. The zero-order valence-electron chi connectivity index (χ0n) is 9.82. The third-order valence-corrected chi connectivity index (χ3v) is 2.94. The molecule has 0 saturated carbocycles. The van der Waals surface area contributed by atoms with E-state index >= 15 is 0 Å². The number of halogens is 1. The molecular formula is C13H18FNO2. The minimum Gasteiger partial charge on any atom is -0.398 e. The first-order chi connectivity index (χ1) is 8.25. The molecule has 1 atom stereocenters. The molecule has 0 bridgehead atoms. The predicted molar refractivity (Wildman–Crippen MR) is 64.1 cm³/mol. The lowest BCUT2D eigenvalue weighted by Crippen LogP contribution is -2.24. The van der Waals surface area contributed by atoms with Gasteiger partial charge in [0.1, 0.15) is 5.82 Å². The molecule has 2 rings (SSSR count). The summed E-state index contributed by atoms with van der Waals surface area (Å²) in [6.07, 6.45) is 3.54. The van der Waals surface area contributed by atoms with Crippen molar-refractivity contribution in [3.8, 4) is 0 Å². The van der Waals surface area contributed by atoms with Crippen molar-refractivity contribution in [2.75, 3.05) is 18.9 Å². The highest BCUT2D eigenvalue weighted by Crippen LogP contribution is 2.16. The van der Waals surface area contributed by atoms with Crippen LogP contribution >= 0.6 is 0 Å². The van der Waals surface area contributed by atoms with E-state index in [2.05, 4.69) is 0 Å². The van der Waals surface area contributed by atoms with Crippen LogP contribution in [0.4, 0.5) is 10.1 Å². The smallest absolute Gasteiger partial charge is 0.123 e. The summed E-state index contributed by atoms with van der Waals surface area (Å²) in [7, 11) is 0. The number of benzene rings is 1. The number of nitrogens with two attached hydrogens (primary N) is 1. The van der Waals surface area contributed by atoms with Gasteiger partial charge in [-0.3, -0.25) is 0 Å². The van der Waals surface area contributed by atoms with E-state index in [0.717, 1.165) is 19.4 Å². The van der Waals surface area contributed by atoms with Crippen molar-refractivity contribution in [3.05, 3.63) is 29.6 Å². The number of ether oxygens (including phenoxy) is 2. The second kappa shape index (κ2) is 5.98. The SMILES string of the molecule is Nc1ccc(F)cc1COCC1CCCCO1. The first-order valence-electron chi connectivity index (χ1n) is 5.99. The molecule has 0 aromatic heterocycles. The number of nitrogen functional groups attached to an aromatic ring is 1. The Bertz CT molecular complexity index is 364. The maximum atomic E-state index is 13.0. The summed E-state index contributed by atoms with van der Waals surface area (Å²) in [6.45, 7) is 1.70. The molecule has 2 N–H and O–H groups in total. The van der Waals surface area contributed by atoms with Gasteiger partial charge in [0.05, 0.1) is 19.3 Å². The van der Waals surface area contributed by atoms with Crippen LogP contribution in [0.3, 0.4) is 0 Å². The van der Waals surface area contributed by atoms with E-state index in [9.17, 15) is 4.39 Å². The second-order valence-corrected chi connectivity index (χ2v) is 4.35. The van der Waals surface area contributed by atoms with Crippen LogP contribution in [-0.4, -0.2) is 19.3 Å². The van der Waals surface area contributed by atoms with Gasteiger partial charge in [-0.25, -0.2) is 4.39 Å². The van der Waals surface area contributed by atoms with Gasteiger partial charge in [-0.15, -0.1) is 0 Å². The standard InChI is InChI=1S/C13H18FNO2/c14-11-4-5-13(15)10(7-11)8-16-9-12-3-1-2-6-17-12/h4-5,7,12H,1-3,6,8-9,15H2. The van der Waals surface area contributed by atoms with Gasteiger partial charge in [-0.2, -0.15) is 0 Å². The van der Waals surface area contributed by atoms with Crippen LogP contribution < -0.4 is 5.73 Å². The molecule has 1 aromatic rings. The molecule has 3 nitrogen and oxygen atoms in total. The lowest BCUT2D eigenvalue weighted by molar-refractivity contribution is -0.0447. The number of rotatable bonds is 4. The Balaban J connectivity index is 1.79. The van der Waals surface area contributed by atoms with Gasteiger partial charge < -0.3 is 15.2 Å². The number of hydrogen-bond acceptors (Lipinski definition) is 3. The van der Waals surface area contributed by atoms with Crippen LogP contribution in [0.5, 0.6) is 0 Å². The first-order valence-corrected chi connectivity index (χ1v) is 5.99. The molecule has 1 unspecified atom stereocenters. The van der Waals surface area contributed by atoms with Gasteiger partial charge in [0.15, 0.2) is 0 Å². The van der Waals surface area contributed by atoms with Gasteiger partial charge in [-0.1, -0.05) is 0 Å². The summed E-state index contributed by atoms with van der Waals surface area (Å²) in [5.74, 6) is -0.285. The maximum Gasteiger partial charge on any atom is 0.123 e. The van der Waals surface area contributed by atoms with E-state index < -0.39 is 0 Å². The molecule has 1 aliphatic heterocycles. The summed E-state index contributed by atoms with van der Waals surface area (Å²) in [4.78, 5) is 0. The Morgan fingerprint density at radius 3 is 3.06 bits per heavy atom. The molecule has 0 radical (unpaired) electrons. The Hall–Kier alpha value is -1.13. The van der Waals surface area contributed by atoms with Crippen LogP contribution in [0.2, 0.25) is 0 Å². The quantitative estimate of drug-likeness (QED) is 0.821. The van der Waals surface area contributed by atoms with Gasteiger partial charge >= 0.3 is 0 Å². The number of anilines is 1. The van der Waals surface area contributed by atoms with Crippen molar-refractivity contribution in [3.63, 3.8) is 0 Å². The van der Waals surface area contributed by atoms with E-state index in [1.165, 1.54) is 18.6 Å². The van der Waals surface area contributed by atoms with Crippen molar-refractivity contribution >= 4 is 5.69 Å². The first kappa shape index (κ1) is 12.3. The van der Waals surface area contributed by atoms with Crippen LogP contribution in [-0.2, 0) is 16.1 Å². The topological polar surface area (TPSA) is 44.5 Å². The molecule has 0 spiro atoms. The second-order valence-electron chi connectivity index (χ2n) is 4.35. The highest BCUT2D eigenvalue weighted by atomic mass is 19.1. The third kappa shape index (κ3) is 3.68. The van der Waals surface area contributed by atoms with E-state index in [-0.39, 0.29) is 11.9 Å². The predicted octanol–water partition coefficient (Wildman–Crippen LogP) is 2.49. The average molecular weight is 239 g/mol. The van der Waals surface area contributed by atoms with Crippen LogP contribution in [0.1, 0.15) is 24.8 Å². The fraction of sp³-hybridized carbons (Fsp3) is 0.538. The highest BCUT2D eigenvalue weighted by Gasteiger charge is 2.13. The number of hydrogen-bond donors (Lipinski definition) is 1. The molecule has 1 saturated heterocycles. The Morgan fingerprint density at radius 1 is 1.41 bits per heavy atom. The molecule has 17 heavy (non-hydrogen) atoms. The van der Waals surface area contributed by atoms with Crippen molar-refractivity contribution in [2.45, 2.75) is 32.0 Å². The van der Waals surface area contributed by atoms with Gasteiger partial charge in [0.2, 0.25) is 0 Å². The summed E-state index contributed by atoms with van der Waals surface area (Å²) < 4.78 is 24.1. The Labute approximate surface area is 101 Å². The largest absolute Gasteiger partial charge is 0.398 e. The van der Waals surface area contributed by atoms with E-state index in [4.69, 9.17) is 15.2 Å². The summed E-state index contributed by atoms with van der Waals surface area (Å²) >= 11 is 0. The molecule has 0 amide bonds. The molecule has 1 fully saturated rings. The average Bonchev–Trinajstić information content (AvgIpc) is 2.35. The van der Waals surface area contributed by atoms with Gasteiger partial charge in [0, 0.05) is 17.9 Å². The molecule has 1 aromatic carbocycles. The van der Waals surface area contributed by atoms with Crippen LogP contribution in [0, 0.1) is 5.82 Å². The molecule has 1 aliphatic rings. The molecule has 0 aliphatic carbocycles. The molecule has 4 heteroatoms. The van der Waals surface area contributed by atoms with Crippen molar-refractivity contribution in [2.24, 2.45) is 0 Å². The monoisotopic (exact) mass is 239 g/mol. The third-order valence-electron chi connectivity index (χ3n) is 2.94. The lowest BCUT2D eigenvalue weighted by atomic mass is 10.1. The summed E-state index contributed by atoms with van der Waals surface area (Å²) in [5.41, 5.74) is 6.99. The van der Waals surface area contributed by atoms with E-state index in [1.54, 1.807) is 6.07 Å². The Kier molecular flexibility index (Phi) is 4.34. The minimum absolute atomic E-state index is 0.179. The minimum atomic E-state index is -0.285. The molecule has 1 heterocycles. The van der Waals surface area contributed by atoms with Crippen molar-refractivity contribution in [1.82, 2.24) is 0 Å². The summed E-state index contributed by atoms with van der Waals surface area (Å²) in [5, 5.41) is 0. The fourth-order valence-electron chi connectivity index (χ4n) is 1.94. The van der Waals surface area contributed by atoms with Crippen molar-refractivity contribution in [1.29, 1.82) is 0 Å². The van der Waals surface area contributed by atoms with Gasteiger partial charge in [-0.05, 0) is 37.5 Å². The molecular weight excluding hydrogens is 221 g/mol. The fourth-order valence-corrected chi connectivity index (χ4v) is 1.94. The lowest BCUT2D eigenvalue weighted by Gasteiger charge is -2.22. The van der Waals surface area contributed by atoms with E-state index in [0.29, 0.717) is 24.5 Å².